The minimum Gasteiger partial charge on any atom is -0.494 e. The highest BCUT2D eigenvalue weighted by molar-refractivity contribution is 8.76. The summed E-state index contributed by atoms with van der Waals surface area (Å²) in [6, 6.07) is 13.4. The van der Waals surface area contributed by atoms with Gasteiger partial charge in [-0.3, -0.25) is 9.59 Å². The van der Waals surface area contributed by atoms with Crippen molar-refractivity contribution in [1.82, 2.24) is 20.6 Å². The third-order valence-corrected chi connectivity index (χ3v) is 16.4. The van der Waals surface area contributed by atoms with Crippen molar-refractivity contribution in [2.24, 2.45) is 5.10 Å². The second-order valence-corrected chi connectivity index (χ2v) is 23.8. The van der Waals surface area contributed by atoms with Crippen LogP contribution in [0.25, 0.3) is 0 Å². The van der Waals surface area contributed by atoms with Crippen LogP contribution in [0.1, 0.15) is 232 Å². The maximum Gasteiger partial charge on any atom is 0.240 e. The normalized spacial score (nSPS) is 16.0. The van der Waals surface area contributed by atoms with E-state index in [1.807, 2.05) is 49.4 Å². The number of hydrazone groups is 1. The summed E-state index contributed by atoms with van der Waals surface area (Å²) in [5.74, 6) is 0.918. The Morgan fingerprint density at radius 2 is 1.27 bits per heavy atom. The van der Waals surface area contributed by atoms with Crippen LogP contribution in [0, 0.1) is 0 Å². The molecule has 78 heavy (non-hydrogen) atoms. The summed E-state index contributed by atoms with van der Waals surface area (Å²) in [5, 5.41) is 8.29. The molecule has 0 unspecified atom stereocenters. The zero-order valence-electron chi connectivity index (χ0n) is 49.4. The molecule has 1 aliphatic heterocycles. The lowest BCUT2D eigenvalue weighted by atomic mass is 9.98. The summed E-state index contributed by atoms with van der Waals surface area (Å²) < 4.78 is 19.4. The molecule has 1 atom stereocenters. The highest BCUT2D eigenvalue weighted by atomic mass is 33.1. The Labute approximate surface area is 483 Å². The Hall–Kier alpha value is -3.68. The number of hydrogen-bond donors (Lipinski definition) is 2. The Bertz CT molecular complexity index is 1880. The standard InChI is InChI=1S/C66H107N5O5S2/c1-5-7-9-11-13-15-17-19-21-23-25-27-29-31-33-37-50-66(51-38-34-32-30-28-26-24-22-20-18-16-14-12-10-8-6-2)75-58-62(76-66)57-71(4)54-41-35-39-52-67-63(72)43-42-55-74-61-47-45-60(46-48-61)59(3)69-70-64(73)49-56-77-78-65-44-36-40-53-68-65/h13-16,19-22,36,40,44-48,53,62H,5-12,17-18,23-35,37-39,41-43,49-52,54-58H2,1-4H3,(H,67,72)(H,70,73)/t62-,66?/m0/s1. The number of allylic oxidation sites excluding steroid dienone is 8. The fourth-order valence-electron chi connectivity index (χ4n) is 9.41. The van der Waals surface area contributed by atoms with E-state index in [1.54, 1.807) is 27.8 Å². The number of nitrogens with one attached hydrogen (secondary N) is 2. The Morgan fingerprint density at radius 1 is 0.692 bits per heavy atom. The molecule has 0 saturated carbocycles. The van der Waals surface area contributed by atoms with E-state index in [2.05, 4.69) is 95.2 Å². The van der Waals surface area contributed by atoms with Gasteiger partial charge in [-0.25, -0.2) is 10.4 Å². The lowest BCUT2D eigenvalue weighted by molar-refractivity contribution is -0.180. The van der Waals surface area contributed by atoms with E-state index in [9.17, 15) is 9.59 Å². The van der Waals surface area contributed by atoms with Crippen LogP contribution in [0.4, 0.5) is 0 Å². The molecule has 0 bridgehead atoms. The number of carbonyl (C=O) groups excluding carboxylic acids is 2. The fourth-order valence-corrected chi connectivity index (χ4v) is 11.3. The molecule has 1 aromatic carbocycles. The average molecular weight is 1110 g/mol. The first-order chi connectivity index (χ1) is 38.3. The van der Waals surface area contributed by atoms with E-state index in [-0.39, 0.29) is 17.9 Å². The van der Waals surface area contributed by atoms with Gasteiger partial charge in [0, 0.05) is 50.7 Å². The molecule has 2 aromatic rings. The lowest BCUT2D eigenvalue weighted by Crippen LogP contribution is -2.35. The maximum atomic E-state index is 12.6. The molecule has 438 valence electrons. The third-order valence-electron chi connectivity index (χ3n) is 14.1. The van der Waals surface area contributed by atoms with Crippen molar-refractivity contribution < 1.29 is 23.8 Å². The number of pyridine rings is 1. The molecule has 2 N–H and O–H groups in total. The molecule has 0 spiro atoms. The minimum absolute atomic E-state index is 0.0678. The average Bonchev–Trinajstić information content (AvgIpc) is 3.85. The van der Waals surface area contributed by atoms with E-state index in [1.165, 1.54) is 141 Å². The van der Waals surface area contributed by atoms with E-state index >= 15 is 0 Å². The first kappa shape index (κ1) is 68.6. The monoisotopic (exact) mass is 1110 g/mol. The van der Waals surface area contributed by atoms with Crippen LogP contribution in [-0.4, -0.2) is 84.9 Å². The van der Waals surface area contributed by atoms with E-state index < -0.39 is 5.79 Å². The van der Waals surface area contributed by atoms with Gasteiger partial charge in [0.15, 0.2) is 5.79 Å². The highest BCUT2D eigenvalue weighted by Gasteiger charge is 2.40. The van der Waals surface area contributed by atoms with Crippen LogP contribution < -0.4 is 15.5 Å². The molecule has 2 heterocycles. The van der Waals surface area contributed by atoms with E-state index in [0.29, 0.717) is 50.5 Å². The van der Waals surface area contributed by atoms with Gasteiger partial charge in [0.25, 0.3) is 0 Å². The molecule has 1 saturated heterocycles. The van der Waals surface area contributed by atoms with Gasteiger partial charge in [-0.15, -0.1) is 0 Å². The molecule has 3 rings (SSSR count). The molecule has 0 radical (unpaired) electrons. The van der Waals surface area contributed by atoms with Gasteiger partial charge in [0.1, 0.15) is 10.8 Å². The van der Waals surface area contributed by atoms with Crippen molar-refractivity contribution in [3.63, 3.8) is 0 Å². The van der Waals surface area contributed by atoms with Gasteiger partial charge < -0.3 is 24.4 Å². The predicted molar refractivity (Wildman–Crippen MR) is 335 cm³/mol. The second kappa shape index (κ2) is 48.1. The van der Waals surface area contributed by atoms with Crippen LogP contribution in [-0.2, 0) is 19.1 Å². The van der Waals surface area contributed by atoms with Gasteiger partial charge in [-0.05, 0) is 170 Å². The molecule has 1 aromatic heterocycles. The topological polar surface area (TPSA) is 114 Å². The smallest absolute Gasteiger partial charge is 0.240 e. The summed E-state index contributed by atoms with van der Waals surface area (Å²) in [6.45, 7) is 10.1. The van der Waals surface area contributed by atoms with Gasteiger partial charge in [0.05, 0.1) is 25.0 Å². The first-order valence-electron chi connectivity index (χ1n) is 31.0. The lowest BCUT2D eigenvalue weighted by Gasteiger charge is -2.29. The largest absolute Gasteiger partial charge is 0.494 e. The Balaban J connectivity index is 1.25. The van der Waals surface area contributed by atoms with Crippen LogP contribution in [0.15, 0.2) is 107 Å². The number of benzene rings is 1. The minimum atomic E-state index is -0.426. The number of aromatic nitrogens is 1. The molecule has 12 heteroatoms. The quantitative estimate of drug-likeness (QED) is 0.0220. The van der Waals surface area contributed by atoms with Gasteiger partial charge >= 0.3 is 0 Å². The number of carbonyl (C=O) groups is 2. The third kappa shape index (κ3) is 37.3. The van der Waals surface area contributed by atoms with Gasteiger partial charge in [-0.2, -0.15) is 5.10 Å². The van der Waals surface area contributed by atoms with Gasteiger partial charge in [-0.1, -0.05) is 163 Å². The number of amides is 2. The summed E-state index contributed by atoms with van der Waals surface area (Å²) in [4.78, 5) is 31.5. The molecular weight excluding hydrogens is 1010 g/mol. The van der Waals surface area contributed by atoms with Crippen LogP contribution >= 0.6 is 21.6 Å². The first-order valence-corrected chi connectivity index (χ1v) is 33.3. The van der Waals surface area contributed by atoms with Crippen molar-refractivity contribution in [3.8, 4) is 5.75 Å². The van der Waals surface area contributed by atoms with Crippen molar-refractivity contribution in [1.29, 1.82) is 0 Å². The maximum absolute atomic E-state index is 12.6. The number of likely N-dealkylation sites (N-methyl/N-ethyl adjacent to an activating group) is 1. The molecule has 1 aliphatic rings. The number of unbranched alkanes of at least 4 members (excludes halogenated alkanes) is 20. The Kier molecular flexibility index (Phi) is 42.3. The van der Waals surface area contributed by atoms with Crippen LogP contribution in [0.3, 0.4) is 0 Å². The number of nitrogens with zero attached hydrogens (tertiary/aromatic N) is 3. The molecule has 10 nitrogen and oxygen atoms in total. The van der Waals surface area contributed by atoms with E-state index in [0.717, 1.165) is 74.4 Å². The van der Waals surface area contributed by atoms with E-state index in [4.69, 9.17) is 14.2 Å². The summed E-state index contributed by atoms with van der Waals surface area (Å²) >= 11 is 0. The highest BCUT2D eigenvalue weighted by Crippen LogP contribution is 2.35. The summed E-state index contributed by atoms with van der Waals surface area (Å²) in [6.07, 6.45) is 57.4. The zero-order valence-corrected chi connectivity index (χ0v) is 51.0. The van der Waals surface area contributed by atoms with Crippen molar-refractivity contribution in [2.45, 2.75) is 243 Å². The zero-order chi connectivity index (χ0) is 55.7. The van der Waals surface area contributed by atoms with Crippen molar-refractivity contribution >= 4 is 39.1 Å². The molecule has 2 amide bonds. The van der Waals surface area contributed by atoms with Gasteiger partial charge in [0.2, 0.25) is 11.8 Å². The summed E-state index contributed by atoms with van der Waals surface area (Å²) in [7, 11) is 5.36. The molecule has 1 fully saturated rings. The van der Waals surface area contributed by atoms with Crippen molar-refractivity contribution in [2.75, 3.05) is 45.6 Å². The SMILES string of the molecule is CCCCCC=CCC=CCCCCCCCCC1(CCCCCCCCC=CCC=CCCCCC)OC[C@H](CN(C)CCCCCNC(=O)CCCOc2ccc(C(C)=NNC(=O)CCSSc3ccccn3)cc2)O1. The van der Waals surface area contributed by atoms with Crippen molar-refractivity contribution in [3.05, 3.63) is 103 Å². The number of hydrogen-bond acceptors (Lipinski definition) is 10. The fraction of sp³-hybridized carbons (Fsp3) is 0.667. The number of rotatable bonds is 50. The molecule has 0 aliphatic carbocycles. The second-order valence-electron chi connectivity index (χ2n) is 21.3. The predicted octanol–water partition coefficient (Wildman–Crippen LogP) is 17.6. The Morgan fingerprint density at radius 3 is 1.86 bits per heavy atom. The van der Waals surface area contributed by atoms with Crippen LogP contribution in [0.5, 0.6) is 5.75 Å². The van der Waals surface area contributed by atoms with Crippen LogP contribution in [0.2, 0.25) is 0 Å². The summed E-state index contributed by atoms with van der Waals surface area (Å²) in [5.41, 5.74) is 4.26. The molecular formula is C66H107N5O5S2. The number of ether oxygens (including phenoxy) is 3.